The Bertz CT molecular complexity index is 938. The van der Waals surface area contributed by atoms with Gasteiger partial charge in [-0.1, -0.05) is 12.1 Å². The van der Waals surface area contributed by atoms with Crippen LogP contribution in [0, 0.1) is 5.92 Å². The number of imide groups is 3. The molecule has 10 nitrogen and oxygen atoms in total. The average Bonchev–Trinajstić information content (AvgIpc) is 2.96. The number of hydrogen-bond acceptors (Lipinski definition) is 7. The number of rotatable bonds is 4. The Kier molecular flexibility index (Phi) is 5.02. The van der Waals surface area contributed by atoms with E-state index < -0.39 is 47.2 Å². The highest BCUT2D eigenvalue weighted by Gasteiger charge is 2.45. The predicted molar refractivity (Wildman–Crippen MR) is 96.1 cm³/mol. The Morgan fingerprint density at radius 3 is 1.90 bits per heavy atom. The molecule has 150 valence electrons. The maximum atomic E-state index is 12.8. The molecule has 2 aliphatic heterocycles. The van der Waals surface area contributed by atoms with Crippen molar-refractivity contribution in [1.82, 2.24) is 14.7 Å². The molecule has 0 aliphatic carbocycles. The number of urea groups is 1. The monoisotopic (exact) mass is 399 g/mol. The van der Waals surface area contributed by atoms with Gasteiger partial charge in [0.2, 0.25) is 11.8 Å². The summed E-state index contributed by atoms with van der Waals surface area (Å²) in [6, 6.07) is 5.14. The molecule has 10 heteroatoms. The SMILES string of the molecule is CCOC(=O)C(=CC1C(=O)N(C)C(=O)N(C)C1=O)N1C(=O)c2ccccc2C1=O. The third-order valence-electron chi connectivity index (χ3n) is 4.61. The smallest absolute Gasteiger partial charge is 0.355 e. The zero-order chi connectivity index (χ0) is 21.5. The van der Waals surface area contributed by atoms with E-state index in [0.29, 0.717) is 14.7 Å². The zero-order valence-electron chi connectivity index (χ0n) is 15.9. The van der Waals surface area contributed by atoms with Gasteiger partial charge in [-0.05, 0) is 25.1 Å². The summed E-state index contributed by atoms with van der Waals surface area (Å²) < 4.78 is 4.93. The molecule has 1 saturated heterocycles. The second kappa shape index (κ2) is 7.30. The second-order valence-electron chi connectivity index (χ2n) is 6.32. The molecule has 0 unspecified atom stereocenters. The van der Waals surface area contributed by atoms with E-state index in [9.17, 15) is 28.8 Å². The van der Waals surface area contributed by atoms with Gasteiger partial charge >= 0.3 is 12.0 Å². The fraction of sp³-hybridized carbons (Fsp3) is 0.263. The van der Waals surface area contributed by atoms with Crippen molar-refractivity contribution in [3.8, 4) is 0 Å². The third kappa shape index (κ3) is 3.08. The van der Waals surface area contributed by atoms with Gasteiger partial charge < -0.3 is 4.74 Å². The summed E-state index contributed by atoms with van der Waals surface area (Å²) in [6.45, 7) is 1.46. The van der Waals surface area contributed by atoms with Gasteiger partial charge in [-0.25, -0.2) is 14.5 Å². The Morgan fingerprint density at radius 1 is 0.966 bits per heavy atom. The molecule has 0 bridgehead atoms. The first kappa shape index (κ1) is 19.9. The molecule has 1 aromatic rings. The minimum Gasteiger partial charge on any atom is -0.461 e. The minimum absolute atomic E-state index is 0.0653. The molecule has 2 aliphatic rings. The van der Waals surface area contributed by atoms with Crippen LogP contribution >= 0.6 is 0 Å². The van der Waals surface area contributed by atoms with Crippen molar-refractivity contribution in [2.75, 3.05) is 20.7 Å². The maximum absolute atomic E-state index is 12.8. The van der Waals surface area contributed by atoms with E-state index in [1.165, 1.54) is 33.2 Å². The van der Waals surface area contributed by atoms with Gasteiger partial charge in [0, 0.05) is 14.1 Å². The average molecular weight is 399 g/mol. The summed E-state index contributed by atoms with van der Waals surface area (Å²) in [7, 11) is 2.36. The number of benzene rings is 1. The molecule has 1 fully saturated rings. The number of ether oxygens (including phenoxy) is 1. The van der Waals surface area contributed by atoms with E-state index in [4.69, 9.17) is 4.74 Å². The highest BCUT2D eigenvalue weighted by atomic mass is 16.5. The highest BCUT2D eigenvalue weighted by molar-refractivity contribution is 6.25. The van der Waals surface area contributed by atoms with Gasteiger partial charge in [0.25, 0.3) is 11.8 Å². The number of carbonyl (C=O) groups excluding carboxylic acids is 6. The summed E-state index contributed by atoms with van der Waals surface area (Å²) in [5, 5.41) is 0. The summed E-state index contributed by atoms with van der Waals surface area (Å²) in [5.41, 5.74) is -0.391. The number of amides is 6. The number of fused-ring (bicyclic) bond motifs is 1. The standard InChI is InChI=1S/C19H17N3O7/c1-4-29-18(27)13(9-12-14(23)20(2)19(28)21(3)15(12)24)22-16(25)10-7-5-6-8-11(10)17(22)26/h5-9,12H,4H2,1-3H3. The lowest BCUT2D eigenvalue weighted by Gasteiger charge is -2.32. The van der Waals surface area contributed by atoms with Crippen LogP contribution in [0.2, 0.25) is 0 Å². The van der Waals surface area contributed by atoms with Gasteiger partial charge in [0.1, 0.15) is 11.6 Å². The summed E-state index contributed by atoms with van der Waals surface area (Å²) in [5.74, 6) is -5.97. The van der Waals surface area contributed by atoms with E-state index in [2.05, 4.69) is 0 Å². The molecule has 0 spiro atoms. The quantitative estimate of drug-likeness (QED) is 0.311. The summed E-state index contributed by atoms with van der Waals surface area (Å²) >= 11 is 0. The van der Waals surface area contributed by atoms with Crippen molar-refractivity contribution in [3.05, 3.63) is 47.2 Å². The van der Waals surface area contributed by atoms with Gasteiger partial charge in [0.05, 0.1) is 17.7 Å². The molecular formula is C19H17N3O7. The van der Waals surface area contributed by atoms with Crippen LogP contribution in [0.4, 0.5) is 4.79 Å². The normalized spacial score (nSPS) is 18.0. The molecule has 0 saturated carbocycles. The van der Waals surface area contributed by atoms with Crippen molar-refractivity contribution >= 4 is 35.6 Å². The Hall–Kier alpha value is -3.82. The largest absolute Gasteiger partial charge is 0.461 e. The van der Waals surface area contributed by atoms with Crippen molar-refractivity contribution in [3.63, 3.8) is 0 Å². The van der Waals surface area contributed by atoms with E-state index in [1.54, 1.807) is 12.1 Å². The Labute approximate surface area is 165 Å². The van der Waals surface area contributed by atoms with Crippen LogP contribution in [0.25, 0.3) is 0 Å². The topological polar surface area (TPSA) is 121 Å². The van der Waals surface area contributed by atoms with Crippen molar-refractivity contribution < 1.29 is 33.5 Å². The number of nitrogens with zero attached hydrogens (tertiary/aromatic N) is 3. The molecule has 2 heterocycles. The first-order valence-corrected chi connectivity index (χ1v) is 8.66. The van der Waals surface area contributed by atoms with Crippen LogP contribution in [0.3, 0.4) is 0 Å². The van der Waals surface area contributed by atoms with Crippen LogP contribution in [-0.2, 0) is 19.1 Å². The van der Waals surface area contributed by atoms with Crippen molar-refractivity contribution in [2.45, 2.75) is 6.92 Å². The van der Waals surface area contributed by atoms with Crippen LogP contribution in [0.1, 0.15) is 27.6 Å². The van der Waals surface area contributed by atoms with Crippen LogP contribution in [0.5, 0.6) is 0 Å². The molecule has 1 aromatic carbocycles. The predicted octanol–water partition coefficient (Wildman–Crippen LogP) is 0.396. The van der Waals surface area contributed by atoms with Gasteiger partial charge in [-0.15, -0.1) is 0 Å². The summed E-state index contributed by atoms with van der Waals surface area (Å²) in [6.07, 6.45) is 0.893. The van der Waals surface area contributed by atoms with Crippen LogP contribution < -0.4 is 0 Å². The minimum atomic E-state index is -1.58. The van der Waals surface area contributed by atoms with E-state index in [-0.39, 0.29) is 17.7 Å². The van der Waals surface area contributed by atoms with Crippen molar-refractivity contribution in [1.29, 1.82) is 0 Å². The molecule has 0 atom stereocenters. The number of carbonyl (C=O) groups is 6. The van der Waals surface area contributed by atoms with E-state index in [1.807, 2.05) is 0 Å². The molecule has 0 radical (unpaired) electrons. The maximum Gasteiger partial charge on any atom is 0.355 e. The van der Waals surface area contributed by atoms with E-state index >= 15 is 0 Å². The molecule has 29 heavy (non-hydrogen) atoms. The second-order valence-corrected chi connectivity index (χ2v) is 6.32. The fourth-order valence-electron chi connectivity index (χ4n) is 3.08. The van der Waals surface area contributed by atoms with Gasteiger partial charge in [-0.2, -0.15) is 0 Å². The number of esters is 1. The molecule has 3 rings (SSSR count). The fourth-order valence-corrected chi connectivity index (χ4v) is 3.08. The zero-order valence-corrected chi connectivity index (χ0v) is 15.9. The van der Waals surface area contributed by atoms with Crippen LogP contribution in [0.15, 0.2) is 36.0 Å². The number of hydrogen-bond donors (Lipinski definition) is 0. The molecular weight excluding hydrogens is 382 g/mol. The third-order valence-corrected chi connectivity index (χ3v) is 4.61. The lowest BCUT2D eigenvalue weighted by Crippen LogP contribution is -2.56. The first-order chi connectivity index (χ1) is 13.7. The highest BCUT2D eigenvalue weighted by Crippen LogP contribution is 2.28. The lowest BCUT2D eigenvalue weighted by atomic mass is 10.0. The van der Waals surface area contributed by atoms with Crippen molar-refractivity contribution in [2.24, 2.45) is 5.92 Å². The number of barbiturate groups is 1. The first-order valence-electron chi connectivity index (χ1n) is 8.66. The van der Waals surface area contributed by atoms with Gasteiger partial charge in [-0.3, -0.25) is 29.0 Å². The molecule has 6 amide bonds. The van der Waals surface area contributed by atoms with Gasteiger partial charge in [0.15, 0.2) is 0 Å². The lowest BCUT2D eigenvalue weighted by molar-refractivity contribution is -0.145. The Morgan fingerprint density at radius 2 is 1.45 bits per heavy atom. The summed E-state index contributed by atoms with van der Waals surface area (Å²) in [4.78, 5) is 76.9. The van der Waals surface area contributed by atoms with Crippen LogP contribution in [-0.4, -0.2) is 71.0 Å². The molecule has 0 aromatic heterocycles. The van der Waals surface area contributed by atoms with E-state index in [0.717, 1.165) is 6.08 Å². The Balaban J connectivity index is 2.10. The molecule has 0 N–H and O–H groups in total.